The van der Waals surface area contributed by atoms with E-state index in [0.717, 1.165) is 36.4 Å². The fourth-order valence-electron chi connectivity index (χ4n) is 3.10. The van der Waals surface area contributed by atoms with Crippen molar-refractivity contribution in [1.29, 1.82) is 0 Å². The molecule has 7 nitrogen and oxygen atoms in total. The minimum atomic E-state index is -0.257. The molecule has 0 radical (unpaired) electrons. The van der Waals surface area contributed by atoms with E-state index in [2.05, 4.69) is 40.2 Å². The summed E-state index contributed by atoms with van der Waals surface area (Å²) in [6.07, 6.45) is 3.00. The van der Waals surface area contributed by atoms with Crippen LogP contribution in [0, 0.1) is 12.3 Å². The average molecular weight is 411 g/mol. The number of fused-ring (bicyclic) bond motifs is 1. The molecule has 1 aliphatic rings. The Labute approximate surface area is 178 Å². The van der Waals surface area contributed by atoms with Gasteiger partial charge in [-0.1, -0.05) is 36.3 Å². The standard InChI is InChI=1S/C23H30N4O3/c1-16-12-13-18-8-6-10-20(22(18)24-16)27-30-15-23(3,4)14-29-26-17(2)19-9-7-11-21(25-19)28-5/h7,9,11-13H,6,8,10,14-15H2,1-5H3/b26-17+,27-20+. The van der Waals surface area contributed by atoms with E-state index < -0.39 is 0 Å². The van der Waals surface area contributed by atoms with E-state index in [-0.39, 0.29) is 5.41 Å². The Morgan fingerprint density at radius 2 is 1.87 bits per heavy atom. The first kappa shape index (κ1) is 21.7. The maximum absolute atomic E-state index is 5.70. The second-order valence-electron chi connectivity index (χ2n) is 8.30. The quantitative estimate of drug-likeness (QED) is 0.478. The summed E-state index contributed by atoms with van der Waals surface area (Å²) in [6, 6.07) is 9.72. The van der Waals surface area contributed by atoms with Crippen molar-refractivity contribution < 1.29 is 14.4 Å². The zero-order chi connectivity index (χ0) is 21.6. The van der Waals surface area contributed by atoms with E-state index >= 15 is 0 Å². The molecule has 160 valence electrons. The van der Waals surface area contributed by atoms with Gasteiger partial charge < -0.3 is 14.4 Å². The SMILES string of the molecule is COc1cccc(/C(C)=N/OCC(C)(C)CO/N=C2\CCCc3ccc(C)nc32)n1. The van der Waals surface area contributed by atoms with E-state index in [9.17, 15) is 0 Å². The van der Waals surface area contributed by atoms with Gasteiger partial charge in [-0.2, -0.15) is 0 Å². The van der Waals surface area contributed by atoms with Crippen molar-refractivity contribution in [1.82, 2.24) is 9.97 Å². The lowest BCUT2D eigenvalue weighted by molar-refractivity contribution is -0.000160. The Morgan fingerprint density at radius 1 is 1.07 bits per heavy atom. The van der Waals surface area contributed by atoms with E-state index in [4.69, 9.17) is 14.4 Å². The van der Waals surface area contributed by atoms with Crippen molar-refractivity contribution in [2.45, 2.75) is 47.0 Å². The molecule has 2 aromatic heterocycles. The fraction of sp³-hybridized carbons (Fsp3) is 0.478. The van der Waals surface area contributed by atoms with Crippen LogP contribution in [0.4, 0.5) is 0 Å². The van der Waals surface area contributed by atoms with Gasteiger partial charge in [0.15, 0.2) is 0 Å². The molecule has 0 saturated carbocycles. The van der Waals surface area contributed by atoms with Crippen LogP contribution in [-0.2, 0) is 16.1 Å². The molecule has 0 aliphatic heterocycles. The molecule has 3 rings (SSSR count). The van der Waals surface area contributed by atoms with Crippen LogP contribution in [0.5, 0.6) is 5.88 Å². The van der Waals surface area contributed by atoms with Gasteiger partial charge in [-0.25, -0.2) is 4.98 Å². The third-order valence-electron chi connectivity index (χ3n) is 4.84. The summed E-state index contributed by atoms with van der Waals surface area (Å²) in [5, 5.41) is 8.59. The smallest absolute Gasteiger partial charge is 0.213 e. The minimum absolute atomic E-state index is 0.257. The highest BCUT2D eigenvalue weighted by molar-refractivity contribution is 6.00. The van der Waals surface area contributed by atoms with E-state index in [1.807, 2.05) is 32.0 Å². The fourth-order valence-corrected chi connectivity index (χ4v) is 3.10. The second-order valence-corrected chi connectivity index (χ2v) is 8.30. The number of nitrogens with zero attached hydrogens (tertiary/aromatic N) is 4. The molecule has 2 heterocycles. The van der Waals surface area contributed by atoms with Crippen molar-refractivity contribution in [2.75, 3.05) is 20.3 Å². The van der Waals surface area contributed by atoms with Crippen LogP contribution in [0.3, 0.4) is 0 Å². The molecule has 0 spiro atoms. The predicted molar refractivity (Wildman–Crippen MR) is 117 cm³/mol. The maximum Gasteiger partial charge on any atom is 0.213 e. The van der Waals surface area contributed by atoms with Gasteiger partial charge in [0, 0.05) is 17.2 Å². The van der Waals surface area contributed by atoms with Crippen LogP contribution >= 0.6 is 0 Å². The van der Waals surface area contributed by atoms with Crippen molar-refractivity contribution in [3.8, 4) is 5.88 Å². The number of hydrogen-bond donors (Lipinski definition) is 0. The Morgan fingerprint density at radius 3 is 2.67 bits per heavy atom. The average Bonchev–Trinajstić information content (AvgIpc) is 2.73. The molecular weight excluding hydrogens is 380 g/mol. The molecule has 0 bridgehead atoms. The number of pyridine rings is 2. The summed E-state index contributed by atoms with van der Waals surface area (Å²) < 4.78 is 5.15. The van der Waals surface area contributed by atoms with E-state index in [1.165, 1.54) is 5.56 Å². The summed E-state index contributed by atoms with van der Waals surface area (Å²) in [7, 11) is 1.59. The highest BCUT2D eigenvalue weighted by Gasteiger charge is 2.22. The molecule has 0 N–H and O–H groups in total. The number of rotatable bonds is 8. The lowest BCUT2D eigenvalue weighted by Crippen LogP contribution is -2.24. The topological polar surface area (TPSA) is 78.2 Å². The zero-order valence-corrected chi connectivity index (χ0v) is 18.4. The predicted octanol–water partition coefficient (Wildman–Crippen LogP) is 4.32. The molecule has 30 heavy (non-hydrogen) atoms. The van der Waals surface area contributed by atoms with E-state index in [0.29, 0.717) is 30.5 Å². The van der Waals surface area contributed by atoms with Gasteiger partial charge in [0.25, 0.3) is 0 Å². The Bertz CT molecular complexity index is 938. The van der Waals surface area contributed by atoms with Crippen molar-refractivity contribution in [3.05, 3.63) is 53.0 Å². The maximum atomic E-state index is 5.70. The van der Waals surface area contributed by atoms with E-state index in [1.54, 1.807) is 13.2 Å². The van der Waals surface area contributed by atoms with Gasteiger partial charge >= 0.3 is 0 Å². The van der Waals surface area contributed by atoms with Crippen LogP contribution in [0.25, 0.3) is 0 Å². The number of oxime groups is 2. The molecule has 0 atom stereocenters. The molecule has 2 aromatic rings. The Hall–Kier alpha value is -2.96. The number of hydrogen-bond acceptors (Lipinski definition) is 7. The van der Waals surface area contributed by atoms with Crippen LogP contribution in [0.1, 0.15) is 56.3 Å². The largest absolute Gasteiger partial charge is 0.481 e. The monoisotopic (exact) mass is 410 g/mol. The van der Waals surface area contributed by atoms with Crippen molar-refractivity contribution in [3.63, 3.8) is 0 Å². The van der Waals surface area contributed by atoms with Crippen LogP contribution in [0.15, 0.2) is 40.6 Å². The number of aryl methyl sites for hydroxylation is 2. The molecule has 0 amide bonds. The molecule has 0 aromatic carbocycles. The highest BCUT2D eigenvalue weighted by Crippen LogP contribution is 2.22. The van der Waals surface area contributed by atoms with Gasteiger partial charge in [0.05, 0.1) is 18.5 Å². The van der Waals surface area contributed by atoms with Crippen LogP contribution < -0.4 is 4.74 Å². The first-order valence-electron chi connectivity index (χ1n) is 10.2. The summed E-state index contributed by atoms with van der Waals surface area (Å²) >= 11 is 0. The van der Waals surface area contributed by atoms with Crippen LogP contribution in [0.2, 0.25) is 0 Å². The van der Waals surface area contributed by atoms with Crippen LogP contribution in [-0.4, -0.2) is 41.7 Å². The highest BCUT2D eigenvalue weighted by atomic mass is 16.6. The van der Waals surface area contributed by atoms with Crippen molar-refractivity contribution >= 4 is 11.4 Å². The summed E-state index contributed by atoms with van der Waals surface area (Å²) in [4.78, 5) is 20.3. The number of aromatic nitrogens is 2. The van der Waals surface area contributed by atoms with Gasteiger partial charge in [0.1, 0.15) is 24.6 Å². The zero-order valence-electron chi connectivity index (χ0n) is 18.4. The molecule has 0 fully saturated rings. The first-order chi connectivity index (χ1) is 14.4. The first-order valence-corrected chi connectivity index (χ1v) is 10.2. The molecule has 0 saturated heterocycles. The van der Waals surface area contributed by atoms with Gasteiger partial charge in [0.2, 0.25) is 5.88 Å². The summed E-state index contributed by atoms with van der Waals surface area (Å²) in [5.41, 5.74) is 5.28. The van der Waals surface area contributed by atoms with Crippen molar-refractivity contribution in [2.24, 2.45) is 15.7 Å². The van der Waals surface area contributed by atoms with Gasteiger partial charge in [-0.05, 0) is 50.8 Å². The normalized spacial score (nSPS) is 15.6. The Balaban J connectivity index is 1.55. The Kier molecular flexibility index (Phi) is 7.03. The lowest BCUT2D eigenvalue weighted by Gasteiger charge is -2.22. The molecule has 1 aliphatic carbocycles. The third kappa shape index (κ3) is 5.78. The number of methoxy groups -OCH3 is 1. The van der Waals surface area contributed by atoms with Gasteiger partial charge in [-0.3, -0.25) is 4.98 Å². The second kappa shape index (κ2) is 9.69. The third-order valence-corrected chi connectivity index (χ3v) is 4.84. The molecule has 0 unspecified atom stereocenters. The molecule has 7 heteroatoms. The number of ether oxygens (including phenoxy) is 1. The summed E-state index contributed by atoms with van der Waals surface area (Å²) in [6.45, 7) is 8.78. The van der Waals surface area contributed by atoms with Gasteiger partial charge in [-0.15, -0.1) is 0 Å². The minimum Gasteiger partial charge on any atom is -0.481 e. The molecular formula is C23H30N4O3. The summed E-state index contributed by atoms with van der Waals surface area (Å²) in [5.74, 6) is 0.545. The lowest BCUT2D eigenvalue weighted by atomic mass is 9.94.